The lowest BCUT2D eigenvalue weighted by molar-refractivity contribution is 0.0196. The minimum absolute atomic E-state index is 0.0144. The first kappa shape index (κ1) is 26.8. The van der Waals surface area contributed by atoms with Crippen LogP contribution in [0.1, 0.15) is 50.9 Å². The van der Waals surface area contributed by atoms with Gasteiger partial charge in [-0.2, -0.15) is 0 Å². The Kier molecular flexibility index (Phi) is 7.15. The van der Waals surface area contributed by atoms with E-state index in [-0.39, 0.29) is 29.6 Å². The van der Waals surface area contributed by atoms with Crippen LogP contribution in [0.3, 0.4) is 0 Å². The molecule has 0 aliphatic carbocycles. The monoisotopic (exact) mass is 597 g/mol. The maximum absolute atomic E-state index is 15.4. The molecule has 204 valence electrons. The number of piperidine rings is 1. The van der Waals surface area contributed by atoms with E-state index in [2.05, 4.69) is 35.9 Å². The van der Waals surface area contributed by atoms with Gasteiger partial charge in [-0.1, -0.05) is 0 Å². The van der Waals surface area contributed by atoms with Gasteiger partial charge in [0.1, 0.15) is 23.0 Å². The van der Waals surface area contributed by atoms with Gasteiger partial charge in [-0.25, -0.2) is 29.1 Å². The van der Waals surface area contributed by atoms with Gasteiger partial charge in [0, 0.05) is 48.3 Å². The van der Waals surface area contributed by atoms with Crippen LogP contribution >= 0.6 is 15.9 Å². The van der Waals surface area contributed by atoms with Gasteiger partial charge in [0.25, 0.3) is 0 Å². The minimum atomic E-state index is -0.603. The second-order valence-electron chi connectivity index (χ2n) is 10.5. The molecule has 12 heteroatoms. The van der Waals surface area contributed by atoms with Crippen LogP contribution < -0.4 is 10.5 Å². The molecule has 3 aromatic heterocycles. The largest absolute Gasteiger partial charge is 0.444 e. The van der Waals surface area contributed by atoms with Crippen LogP contribution in [-0.4, -0.2) is 54.2 Å². The molecule has 0 saturated carbocycles. The Morgan fingerprint density at radius 1 is 1.21 bits per heavy atom. The molecule has 1 aliphatic heterocycles. The molecule has 0 spiro atoms. The van der Waals surface area contributed by atoms with Crippen molar-refractivity contribution < 1.29 is 18.7 Å². The molecule has 0 radical (unpaired) electrons. The first-order valence-corrected chi connectivity index (χ1v) is 13.4. The normalized spacial score (nSPS) is 15.9. The minimum Gasteiger partial charge on any atom is -0.444 e. The van der Waals surface area contributed by atoms with E-state index in [4.69, 9.17) is 15.2 Å². The van der Waals surface area contributed by atoms with Crippen molar-refractivity contribution in [1.29, 1.82) is 0 Å². The fraction of sp³-hybridized carbons (Fsp3) is 0.370. The predicted molar refractivity (Wildman–Crippen MR) is 148 cm³/mol. The number of carbonyl (C=O) groups is 1. The molecule has 0 bridgehead atoms. The summed E-state index contributed by atoms with van der Waals surface area (Å²) in [5.74, 6) is -0.468. The van der Waals surface area contributed by atoms with Crippen LogP contribution in [0.4, 0.5) is 15.0 Å². The molecule has 5 rings (SSSR count). The molecule has 2 N–H and O–H groups in total. The van der Waals surface area contributed by atoms with Gasteiger partial charge in [-0.3, -0.25) is 0 Å². The summed E-state index contributed by atoms with van der Waals surface area (Å²) in [6.45, 7) is 8.34. The van der Waals surface area contributed by atoms with Crippen molar-refractivity contribution in [2.75, 3.05) is 18.8 Å². The average Bonchev–Trinajstić information content (AvgIpc) is 3.18. The molecule has 1 saturated heterocycles. The number of halogens is 2. The molecule has 1 aliphatic rings. The number of nitrogens with two attached hydrogens (primary N) is 1. The molecule has 4 aromatic rings. The van der Waals surface area contributed by atoms with Crippen molar-refractivity contribution in [2.24, 2.45) is 0 Å². The molecule has 39 heavy (non-hydrogen) atoms. The third-order valence-corrected chi connectivity index (χ3v) is 7.14. The zero-order valence-corrected chi connectivity index (χ0v) is 23.7. The maximum Gasteiger partial charge on any atom is 0.410 e. The number of aryl methyl sites for hydroxylation is 1. The summed E-state index contributed by atoms with van der Waals surface area (Å²) in [6, 6.07) is 6.39. The second-order valence-corrected chi connectivity index (χ2v) is 11.2. The summed E-state index contributed by atoms with van der Waals surface area (Å²) in [4.78, 5) is 31.4. The number of benzene rings is 1. The number of hydrogen-bond donors (Lipinski definition) is 1. The Morgan fingerprint density at radius 2 is 2.00 bits per heavy atom. The molecule has 4 heterocycles. The smallest absolute Gasteiger partial charge is 0.410 e. The Bertz CT molecular complexity index is 1550. The van der Waals surface area contributed by atoms with Gasteiger partial charge in [-0.05, 0) is 74.7 Å². The first-order valence-electron chi connectivity index (χ1n) is 12.6. The van der Waals surface area contributed by atoms with E-state index in [1.807, 2.05) is 25.3 Å². The van der Waals surface area contributed by atoms with Crippen molar-refractivity contribution >= 4 is 38.9 Å². The Morgan fingerprint density at radius 3 is 2.72 bits per heavy atom. The number of carbonyl (C=O) groups excluding carboxylic acids is 1. The fourth-order valence-electron chi connectivity index (χ4n) is 4.72. The van der Waals surface area contributed by atoms with Crippen LogP contribution in [0.25, 0.3) is 16.7 Å². The summed E-state index contributed by atoms with van der Waals surface area (Å²) in [5.41, 5.74) is 8.89. The van der Waals surface area contributed by atoms with Crippen molar-refractivity contribution in [3.8, 4) is 17.4 Å². The lowest BCUT2D eigenvalue weighted by atomic mass is 9.94. The highest BCUT2D eigenvalue weighted by atomic mass is 79.9. The number of nitrogen functional groups attached to an aromatic ring is 1. The zero-order valence-electron chi connectivity index (χ0n) is 22.1. The number of rotatable bonds is 4. The Labute approximate surface area is 233 Å². The molecular weight excluding hydrogens is 569 g/mol. The number of aromatic nitrogens is 5. The quantitative estimate of drug-likeness (QED) is 0.308. The zero-order chi connectivity index (χ0) is 27.9. The number of ether oxygens (including phenoxy) is 2. The van der Waals surface area contributed by atoms with Gasteiger partial charge >= 0.3 is 12.1 Å². The summed E-state index contributed by atoms with van der Waals surface area (Å²) < 4.78 is 29.2. The van der Waals surface area contributed by atoms with Gasteiger partial charge in [0.2, 0.25) is 0 Å². The fourth-order valence-corrected chi connectivity index (χ4v) is 5.51. The van der Waals surface area contributed by atoms with Crippen LogP contribution in [0.5, 0.6) is 11.8 Å². The number of likely N-dealkylation sites (tertiary alicyclic amines) is 1. The van der Waals surface area contributed by atoms with E-state index in [0.29, 0.717) is 35.5 Å². The van der Waals surface area contributed by atoms with E-state index >= 15 is 4.39 Å². The van der Waals surface area contributed by atoms with Crippen molar-refractivity contribution in [2.45, 2.75) is 52.1 Å². The average molecular weight is 598 g/mol. The van der Waals surface area contributed by atoms with E-state index in [1.54, 1.807) is 30.2 Å². The predicted octanol–water partition coefficient (Wildman–Crippen LogP) is 5.91. The highest BCUT2D eigenvalue weighted by molar-refractivity contribution is 9.10. The molecule has 1 amide bonds. The molecule has 1 fully saturated rings. The SMILES string of the molecule is Cc1ccnc(Oc2ccc(-n3c(C4CCCN(C(=O)OC(C)(C)C)C4)c(Br)c4ncnc(N)c43)cc2F)n1. The molecular formula is C27H29BrFN7O3. The number of anilines is 1. The van der Waals surface area contributed by atoms with Gasteiger partial charge in [0.05, 0.1) is 4.47 Å². The molecule has 1 unspecified atom stereocenters. The van der Waals surface area contributed by atoms with E-state index in [9.17, 15) is 4.79 Å². The topological polar surface area (TPSA) is 121 Å². The highest BCUT2D eigenvalue weighted by Gasteiger charge is 2.33. The molecule has 1 atom stereocenters. The second kappa shape index (κ2) is 10.4. The van der Waals surface area contributed by atoms with Gasteiger partial charge in [-0.15, -0.1) is 0 Å². The van der Waals surface area contributed by atoms with E-state index in [1.165, 1.54) is 18.5 Å². The number of nitrogens with zero attached hydrogens (tertiary/aromatic N) is 6. The third kappa shape index (κ3) is 5.51. The van der Waals surface area contributed by atoms with E-state index < -0.39 is 11.4 Å². The first-order chi connectivity index (χ1) is 18.5. The van der Waals surface area contributed by atoms with Crippen LogP contribution in [0.2, 0.25) is 0 Å². The number of hydrogen-bond acceptors (Lipinski definition) is 8. The van der Waals surface area contributed by atoms with Crippen LogP contribution in [0.15, 0.2) is 41.3 Å². The summed E-state index contributed by atoms with van der Waals surface area (Å²) in [7, 11) is 0. The standard InChI is InChI=1S/C27H29BrFN7O3/c1-15-9-10-31-25(34-15)38-19-8-7-17(12-18(19)29)36-22(20(28)21-23(36)24(30)33-14-32-21)16-6-5-11-35(13-16)26(37)39-27(2,3)4/h7-10,12,14,16H,5-6,11,13H2,1-4H3,(H2,30,32,33). The summed E-state index contributed by atoms with van der Waals surface area (Å²) >= 11 is 3.72. The maximum atomic E-state index is 15.4. The summed E-state index contributed by atoms with van der Waals surface area (Å²) in [6.07, 6.45) is 4.15. The van der Waals surface area contributed by atoms with E-state index in [0.717, 1.165) is 23.0 Å². The Hall–Kier alpha value is -3.80. The number of fused-ring (bicyclic) bond motifs is 1. The van der Waals surface area contributed by atoms with Gasteiger partial charge in [0.15, 0.2) is 17.4 Å². The molecule has 10 nitrogen and oxygen atoms in total. The Balaban J connectivity index is 1.56. The molecule has 1 aromatic carbocycles. The third-order valence-electron chi connectivity index (χ3n) is 6.36. The summed E-state index contributed by atoms with van der Waals surface area (Å²) in [5, 5.41) is 0. The van der Waals surface area contributed by atoms with Crippen molar-refractivity contribution in [3.05, 3.63) is 58.5 Å². The van der Waals surface area contributed by atoms with Gasteiger partial charge < -0.3 is 24.7 Å². The lowest BCUT2D eigenvalue weighted by Gasteiger charge is -2.34. The van der Waals surface area contributed by atoms with Crippen molar-refractivity contribution in [3.63, 3.8) is 0 Å². The lowest BCUT2D eigenvalue weighted by Crippen LogP contribution is -2.42. The number of amides is 1. The highest BCUT2D eigenvalue weighted by Crippen LogP contribution is 2.42. The van der Waals surface area contributed by atoms with Crippen LogP contribution in [0, 0.1) is 12.7 Å². The van der Waals surface area contributed by atoms with Crippen LogP contribution in [-0.2, 0) is 4.74 Å². The van der Waals surface area contributed by atoms with Crippen molar-refractivity contribution in [1.82, 2.24) is 29.4 Å².